The number of ether oxygens (including phenoxy) is 1. The molecule has 0 unspecified atom stereocenters. The third kappa shape index (κ3) is 8.20. The lowest BCUT2D eigenvalue weighted by atomic mass is 10.1. The molecule has 2 N–H and O–H groups in total. The van der Waals surface area contributed by atoms with Crippen LogP contribution in [0.15, 0.2) is 78.9 Å². The number of amides is 2. The molecule has 0 heterocycles. The zero-order valence-corrected chi connectivity index (χ0v) is 19.4. The molecule has 3 rings (SSSR count). The first-order valence-electron chi connectivity index (χ1n) is 11.5. The van der Waals surface area contributed by atoms with Gasteiger partial charge >= 0.3 is 5.97 Å². The normalized spacial score (nSPS) is 10.4. The highest BCUT2D eigenvalue weighted by Crippen LogP contribution is 2.16. The van der Waals surface area contributed by atoms with Crippen LogP contribution in [0.1, 0.15) is 47.2 Å². The van der Waals surface area contributed by atoms with E-state index in [0.29, 0.717) is 30.0 Å². The number of nitrogens with one attached hydrogen (secondary N) is 2. The van der Waals surface area contributed by atoms with E-state index in [2.05, 4.69) is 22.8 Å². The molecule has 176 valence electrons. The van der Waals surface area contributed by atoms with E-state index in [9.17, 15) is 14.4 Å². The van der Waals surface area contributed by atoms with Crippen LogP contribution in [-0.2, 0) is 20.7 Å². The van der Waals surface area contributed by atoms with E-state index in [1.807, 2.05) is 43.3 Å². The highest BCUT2D eigenvalue weighted by molar-refractivity contribution is 6.05. The fraction of sp³-hybridized carbons (Fsp3) is 0.250. The van der Waals surface area contributed by atoms with Crippen LogP contribution in [0.25, 0.3) is 0 Å². The van der Waals surface area contributed by atoms with Crippen LogP contribution >= 0.6 is 0 Å². The summed E-state index contributed by atoms with van der Waals surface area (Å²) in [6.45, 7) is 2.27. The molecular weight excluding hydrogens is 428 g/mol. The third-order valence-electron chi connectivity index (χ3n) is 5.32. The Labute approximate surface area is 200 Å². The average molecular weight is 459 g/mol. The molecule has 0 saturated heterocycles. The van der Waals surface area contributed by atoms with Gasteiger partial charge in [0.05, 0.1) is 6.61 Å². The topological polar surface area (TPSA) is 84.5 Å². The van der Waals surface area contributed by atoms with Crippen LogP contribution in [0.2, 0.25) is 0 Å². The van der Waals surface area contributed by atoms with Crippen LogP contribution in [0, 0.1) is 6.92 Å². The molecule has 0 aliphatic carbocycles. The largest absolute Gasteiger partial charge is 0.466 e. The number of esters is 1. The van der Waals surface area contributed by atoms with Gasteiger partial charge in [-0.05, 0) is 67.6 Å². The molecule has 0 bridgehead atoms. The Morgan fingerprint density at radius 3 is 2.09 bits per heavy atom. The minimum atomic E-state index is -0.283. The molecule has 0 spiro atoms. The summed E-state index contributed by atoms with van der Waals surface area (Å²) in [6.07, 6.45) is 2.50. The first kappa shape index (κ1) is 24.7. The lowest BCUT2D eigenvalue weighted by Gasteiger charge is -2.09. The second-order valence-corrected chi connectivity index (χ2v) is 8.06. The minimum absolute atomic E-state index is 0.173. The molecule has 6 nitrogen and oxygen atoms in total. The standard InChI is InChI=1S/C28H30N2O4/c1-21-9-5-6-13-25(21)28(33)30-24-18-16-23(17-19-24)29-26(31)14-7-15-27(32)34-20-8-12-22-10-3-2-4-11-22/h2-6,9-11,13,16-19H,7-8,12,14-15,20H2,1H3,(H,29,31)(H,30,33). The van der Waals surface area contributed by atoms with Crippen molar-refractivity contribution in [3.05, 3.63) is 95.6 Å². The lowest BCUT2D eigenvalue weighted by molar-refractivity contribution is -0.143. The average Bonchev–Trinajstić information content (AvgIpc) is 2.84. The smallest absolute Gasteiger partial charge is 0.305 e. The SMILES string of the molecule is Cc1ccccc1C(=O)Nc1ccc(NC(=O)CCCC(=O)OCCCc2ccccc2)cc1. The third-order valence-corrected chi connectivity index (χ3v) is 5.32. The van der Waals surface area contributed by atoms with Gasteiger partial charge in [-0.1, -0.05) is 48.5 Å². The Hall–Kier alpha value is -3.93. The van der Waals surface area contributed by atoms with Gasteiger partial charge in [0, 0.05) is 29.8 Å². The molecule has 3 aromatic rings. The van der Waals surface area contributed by atoms with Crippen molar-refractivity contribution >= 4 is 29.2 Å². The predicted molar refractivity (Wildman–Crippen MR) is 134 cm³/mol. The van der Waals surface area contributed by atoms with Crippen LogP contribution in [-0.4, -0.2) is 24.4 Å². The van der Waals surface area contributed by atoms with E-state index in [-0.39, 0.29) is 30.6 Å². The van der Waals surface area contributed by atoms with E-state index in [1.165, 1.54) is 5.56 Å². The molecule has 2 amide bonds. The molecular formula is C28H30N2O4. The van der Waals surface area contributed by atoms with Crippen LogP contribution in [0.3, 0.4) is 0 Å². The number of rotatable bonds is 11. The number of hydrogen-bond acceptors (Lipinski definition) is 4. The van der Waals surface area contributed by atoms with Crippen molar-refractivity contribution in [1.82, 2.24) is 0 Å². The number of anilines is 2. The van der Waals surface area contributed by atoms with Crippen molar-refractivity contribution in [1.29, 1.82) is 0 Å². The van der Waals surface area contributed by atoms with Gasteiger partial charge in [0.1, 0.15) is 0 Å². The van der Waals surface area contributed by atoms with E-state index in [4.69, 9.17) is 4.74 Å². The van der Waals surface area contributed by atoms with Gasteiger partial charge in [-0.25, -0.2) is 0 Å². The van der Waals surface area contributed by atoms with Crippen LogP contribution < -0.4 is 10.6 Å². The van der Waals surface area contributed by atoms with Crippen molar-refractivity contribution in [2.45, 2.75) is 39.0 Å². The summed E-state index contributed by atoms with van der Waals surface area (Å²) in [6, 6.07) is 24.4. The molecule has 0 saturated carbocycles. The number of carbonyl (C=O) groups excluding carboxylic acids is 3. The van der Waals surface area contributed by atoms with Crippen molar-refractivity contribution < 1.29 is 19.1 Å². The maximum absolute atomic E-state index is 12.4. The number of hydrogen-bond donors (Lipinski definition) is 2. The van der Waals surface area contributed by atoms with Gasteiger partial charge in [-0.3, -0.25) is 14.4 Å². The molecule has 0 aliphatic heterocycles. The second-order valence-electron chi connectivity index (χ2n) is 8.06. The van der Waals surface area contributed by atoms with Crippen molar-refractivity contribution in [3.8, 4) is 0 Å². The fourth-order valence-electron chi connectivity index (χ4n) is 3.46. The minimum Gasteiger partial charge on any atom is -0.466 e. The molecule has 0 aliphatic rings. The van der Waals surface area contributed by atoms with E-state index < -0.39 is 0 Å². The van der Waals surface area contributed by atoms with Gasteiger partial charge in [-0.2, -0.15) is 0 Å². The first-order valence-corrected chi connectivity index (χ1v) is 11.5. The monoisotopic (exact) mass is 458 g/mol. The Morgan fingerprint density at radius 2 is 1.38 bits per heavy atom. The lowest BCUT2D eigenvalue weighted by Crippen LogP contribution is -2.14. The highest BCUT2D eigenvalue weighted by Gasteiger charge is 2.10. The summed E-state index contributed by atoms with van der Waals surface area (Å²) < 4.78 is 5.24. The van der Waals surface area contributed by atoms with E-state index >= 15 is 0 Å². The summed E-state index contributed by atoms with van der Waals surface area (Å²) in [5.41, 5.74) is 4.01. The summed E-state index contributed by atoms with van der Waals surface area (Å²) in [5, 5.41) is 5.66. The van der Waals surface area contributed by atoms with Gasteiger partial charge in [-0.15, -0.1) is 0 Å². The van der Waals surface area contributed by atoms with Gasteiger partial charge in [0.2, 0.25) is 5.91 Å². The second kappa shape index (κ2) is 12.9. The maximum Gasteiger partial charge on any atom is 0.305 e. The summed E-state index contributed by atoms with van der Waals surface area (Å²) >= 11 is 0. The zero-order chi connectivity index (χ0) is 24.2. The maximum atomic E-state index is 12.4. The highest BCUT2D eigenvalue weighted by atomic mass is 16.5. The van der Waals surface area contributed by atoms with Gasteiger partial charge in [0.25, 0.3) is 5.91 Å². The fourth-order valence-corrected chi connectivity index (χ4v) is 3.46. The van der Waals surface area contributed by atoms with Crippen molar-refractivity contribution in [2.75, 3.05) is 17.2 Å². The quantitative estimate of drug-likeness (QED) is 0.292. The molecule has 0 radical (unpaired) electrons. The van der Waals surface area contributed by atoms with Gasteiger partial charge in [0.15, 0.2) is 0 Å². The Balaban J connectivity index is 1.32. The van der Waals surface area contributed by atoms with Crippen LogP contribution in [0.4, 0.5) is 11.4 Å². The molecule has 3 aromatic carbocycles. The predicted octanol–water partition coefficient (Wildman–Crippen LogP) is 5.53. The Bertz CT molecular complexity index is 1090. The number of aryl methyl sites for hydroxylation is 2. The first-order chi connectivity index (χ1) is 16.5. The van der Waals surface area contributed by atoms with E-state index in [1.54, 1.807) is 30.3 Å². The summed E-state index contributed by atoms with van der Waals surface area (Å²) in [5.74, 6) is -0.634. The van der Waals surface area contributed by atoms with Crippen LogP contribution in [0.5, 0.6) is 0 Å². The molecule has 0 aromatic heterocycles. The number of carbonyl (C=O) groups is 3. The van der Waals surface area contributed by atoms with Gasteiger partial charge < -0.3 is 15.4 Å². The zero-order valence-electron chi connectivity index (χ0n) is 19.4. The summed E-state index contributed by atoms with van der Waals surface area (Å²) in [4.78, 5) is 36.4. The van der Waals surface area contributed by atoms with E-state index in [0.717, 1.165) is 18.4 Å². The number of benzene rings is 3. The molecule has 34 heavy (non-hydrogen) atoms. The molecule has 0 fully saturated rings. The molecule has 0 atom stereocenters. The van der Waals surface area contributed by atoms with Crippen molar-refractivity contribution in [3.63, 3.8) is 0 Å². The Kier molecular flexibility index (Phi) is 9.40. The molecule has 6 heteroatoms. The summed E-state index contributed by atoms with van der Waals surface area (Å²) in [7, 11) is 0. The Morgan fingerprint density at radius 1 is 0.735 bits per heavy atom. The van der Waals surface area contributed by atoms with Crippen molar-refractivity contribution in [2.24, 2.45) is 0 Å².